The van der Waals surface area contributed by atoms with Crippen molar-refractivity contribution in [2.45, 2.75) is 32.5 Å². The van der Waals surface area contributed by atoms with E-state index in [0.717, 1.165) is 19.6 Å². The zero-order valence-electron chi connectivity index (χ0n) is 12.8. The molecule has 0 aromatic heterocycles. The van der Waals surface area contributed by atoms with Gasteiger partial charge in [-0.1, -0.05) is 6.07 Å². The van der Waals surface area contributed by atoms with Gasteiger partial charge >= 0.3 is 5.97 Å². The van der Waals surface area contributed by atoms with Crippen LogP contribution in [0.25, 0.3) is 0 Å². The van der Waals surface area contributed by atoms with Gasteiger partial charge in [0, 0.05) is 19.6 Å². The highest BCUT2D eigenvalue weighted by molar-refractivity contribution is 5.87. The summed E-state index contributed by atoms with van der Waals surface area (Å²) in [5, 5.41) is 8.95. The summed E-state index contributed by atoms with van der Waals surface area (Å²) >= 11 is 0. The van der Waals surface area contributed by atoms with E-state index in [9.17, 15) is 4.79 Å². The van der Waals surface area contributed by atoms with Crippen molar-refractivity contribution < 1.29 is 19.4 Å². The third kappa shape index (κ3) is 4.72. The zero-order valence-corrected chi connectivity index (χ0v) is 12.8. The lowest BCUT2D eigenvalue weighted by molar-refractivity contribution is -0.129. The average Bonchev–Trinajstić information content (AvgIpc) is 2.36. The average molecular weight is 293 g/mol. The van der Waals surface area contributed by atoms with Crippen molar-refractivity contribution in [1.82, 2.24) is 4.90 Å². The molecule has 1 unspecified atom stereocenters. The van der Waals surface area contributed by atoms with Crippen molar-refractivity contribution in [2.24, 2.45) is 0 Å². The first kappa shape index (κ1) is 15.8. The number of carboxylic acids is 1. The molecule has 0 aliphatic carbocycles. The van der Waals surface area contributed by atoms with E-state index in [1.54, 1.807) is 24.3 Å². The van der Waals surface area contributed by atoms with Crippen LogP contribution in [-0.4, -0.2) is 53.9 Å². The van der Waals surface area contributed by atoms with E-state index >= 15 is 0 Å². The van der Waals surface area contributed by atoms with Crippen LogP contribution in [0, 0.1) is 0 Å². The Morgan fingerprint density at radius 3 is 2.95 bits per heavy atom. The van der Waals surface area contributed by atoms with E-state index in [2.05, 4.69) is 25.7 Å². The monoisotopic (exact) mass is 293 g/mol. The van der Waals surface area contributed by atoms with Crippen molar-refractivity contribution in [3.8, 4) is 5.75 Å². The third-order valence-corrected chi connectivity index (χ3v) is 3.40. The summed E-state index contributed by atoms with van der Waals surface area (Å²) in [7, 11) is 0. The second kappa shape index (κ2) is 6.45. The molecular weight excluding hydrogens is 270 g/mol. The molecule has 1 N–H and O–H groups in total. The van der Waals surface area contributed by atoms with Crippen LogP contribution in [0.1, 0.15) is 31.1 Å². The number of rotatable bonds is 5. The van der Waals surface area contributed by atoms with Crippen molar-refractivity contribution in [1.29, 1.82) is 0 Å². The second-order valence-corrected chi connectivity index (χ2v) is 6.10. The standard InChI is InChI=1S/C16H23NO4/c1-12-10-17(11-16(2,3)21-12)7-8-20-14-6-4-5-13(9-14)15(18)19/h4-6,9,12H,7-8,10-11H2,1-3H3,(H,18,19). The largest absolute Gasteiger partial charge is 0.492 e. The Balaban J connectivity index is 1.84. The lowest BCUT2D eigenvalue weighted by atomic mass is 10.1. The van der Waals surface area contributed by atoms with Gasteiger partial charge in [0.25, 0.3) is 0 Å². The van der Waals surface area contributed by atoms with Crippen LogP contribution in [0.4, 0.5) is 0 Å². The maximum atomic E-state index is 10.9. The van der Waals surface area contributed by atoms with Gasteiger partial charge in [-0.2, -0.15) is 0 Å². The van der Waals surface area contributed by atoms with Gasteiger partial charge in [-0.15, -0.1) is 0 Å². The first-order chi connectivity index (χ1) is 9.85. The van der Waals surface area contributed by atoms with E-state index in [4.69, 9.17) is 14.6 Å². The SMILES string of the molecule is CC1CN(CCOc2cccc(C(=O)O)c2)CC(C)(C)O1. The number of carboxylic acid groups (broad SMARTS) is 1. The quantitative estimate of drug-likeness (QED) is 0.902. The van der Waals surface area contributed by atoms with Gasteiger partial charge in [0.05, 0.1) is 17.3 Å². The Kier molecular flexibility index (Phi) is 4.85. The third-order valence-electron chi connectivity index (χ3n) is 3.40. The van der Waals surface area contributed by atoms with Gasteiger partial charge in [0.2, 0.25) is 0 Å². The summed E-state index contributed by atoms with van der Waals surface area (Å²) in [6.45, 7) is 9.35. The Labute approximate surface area is 125 Å². The van der Waals surface area contributed by atoms with Crippen LogP contribution < -0.4 is 4.74 Å². The summed E-state index contributed by atoms with van der Waals surface area (Å²) in [5.41, 5.74) is 0.106. The van der Waals surface area contributed by atoms with E-state index in [1.165, 1.54) is 0 Å². The molecule has 0 radical (unpaired) electrons. The molecule has 116 valence electrons. The Morgan fingerprint density at radius 2 is 2.29 bits per heavy atom. The molecule has 1 atom stereocenters. The topological polar surface area (TPSA) is 59.0 Å². The molecule has 1 fully saturated rings. The van der Waals surface area contributed by atoms with Crippen LogP contribution >= 0.6 is 0 Å². The Morgan fingerprint density at radius 1 is 1.52 bits per heavy atom. The Bertz CT molecular complexity index is 501. The number of benzene rings is 1. The van der Waals surface area contributed by atoms with Gasteiger partial charge in [0.1, 0.15) is 12.4 Å². The second-order valence-electron chi connectivity index (χ2n) is 6.10. The van der Waals surface area contributed by atoms with Gasteiger partial charge in [-0.3, -0.25) is 4.90 Å². The van der Waals surface area contributed by atoms with Crippen LogP contribution in [0.3, 0.4) is 0 Å². The van der Waals surface area contributed by atoms with E-state index < -0.39 is 5.97 Å². The first-order valence-electron chi connectivity index (χ1n) is 7.22. The molecule has 5 nitrogen and oxygen atoms in total. The molecule has 2 rings (SSSR count). The van der Waals surface area contributed by atoms with Crippen LogP contribution in [-0.2, 0) is 4.74 Å². The predicted octanol–water partition coefficient (Wildman–Crippen LogP) is 2.26. The fourth-order valence-corrected chi connectivity index (χ4v) is 2.77. The molecule has 21 heavy (non-hydrogen) atoms. The number of ether oxygens (including phenoxy) is 2. The van der Waals surface area contributed by atoms with Crippen molar-refractivity contribution >= 4 is 5.97 Å². The molecule has 1 aromatic carbocycles. The number of morpholine rings is 1. The number of hydrogen-bond donors (Lipinski definition) is 1. The minimum atomic E-state index is -0.941. The molecule has 0 bridgehead atoms. The molecule has 0 amide bonds. The molecule has 1 aliphatic rings. The normalized spacial score (nSPS) is 22.0. The zero-order chi connectivity index (χ0) is 15.5. The fourth-order valence-electron chi connectivity index (χ4n) is 2.77. The van der Waals surface area contributed by atoms with E-state index in [1.807, 2.05) is 0 Å². The highest BCUT2D eigenvalue weighted by atomic mass is 16.5. The molecule has 0 saturated carbocycles. The smallest absolute Gasteiger partial charge is 0.335 e. The molecule has 5 heteroatoms. The maximum Gasteiger partial charge on any atom is 0.335 e. The number of nitrogens with zero attached hydrogens (tertiary/aromatic N) is 1. The van der Waals surface area contributed by atoms with Gasteiger partial charge in [-0.05, 0) is 39.0 Å². The Hall–Kier alpha value is -1.59. The maximum absolute atomic E-state index is 10.9. The van der Waals surface area contributed by atoms with Crippen molar-refractivity contribution in [3.63, 3.8) is 0 Å². The van der Waals surface area contributed by atoms with Crippen LogP contribution in [0.2, 0.25) is 0 Å². The molecule has 1 aliphatic heterocycles. The van der Waals surface area contributed by atoms with Crippen molar-refractivity contribution in [2.75, 3.05) is 26.2 Å². The summed E-state index contributed by atoms with van der Waals surface area (Å²) in [4.78, 5) is 13.2. The summed E-state index contributed by atoms with van der Waals surface area (Å²) in [5.74, 6) is -0.348. The van der Waals surface area contributed by atoms with E-state index in [0.29, 0.717) is 12.4 Å². The molecule has 1 heterocycles. The summed E-state index contributed by atoms with van der Waals surface area (Å²) < 4.78 is 11.5. The summed E-state index contributed by atoms with van der Waals surface area (Å²) in [6, 6.07) is 6.58. The van der Waals surface area contributed by atoms with Gasteiger partial charge < -0.3 is 14.6 Å². The predicted molar refractivity (Wildman–Crippen MR) is 80.0 cm³/mol. The minimum absolute atomic E-state index is 0.138. The van der Waals surface area contributed by atoms with Gasteiger partial charge in [-0.25, -0.2) is 4.79 Å². The highest BCUT2D eigenvalue weighted by Gasteiger charge is 2.30. The lowest BCUT2D eigenvalue weighted by Gasteiger charge is -2.41. The lowest BCUT2D eigenvalue weighted by Crippen LogP contribution is -2.52. The summed E-state index contributed by atoms with van der Waals surface area (Å²) in [6.07, 6.45) is 0.212. The molecule has 1 aromatic rings. The fraction of sp³-hybridized carbons (Fsp3) is 0.562. The number of aromatic carboxylic acids is 1. The van der Waals surface area contributed by atoms with Crippen molar-refractivity contribution in [3.05, 3.63) is 29.8 Å². The number of hydrogen-bond acceptors (Lipinski definition) is 4. The minimum Gasteiger partial charge on any atom is -0.492 e. The highest BCUT2D eigenvalue weighted by Crippen LogP contribution is 2.20. The van der Waals surface area contributed by atoms with Gasteiger partial charge in [0.15, 0.2) is 0 Å². The van der Waals surface area contributed by atoms with E-state index in [-0.39, 0.29) is 17.3 Å². The van der Waals surface area contributed by atoms with Crippen LogP contribution in [0.5, 0.6) is 5.75 Å². The number of carbonyl (C=O) groups is 1. The first-order valence-corrected chi connectivity index (χ1v) is 7.22. The molecule has 0 spiro atoms. The van der Waals surface area contributed by atoms with Crippen LogP contribution in [0.15, 0.2) is 24.3 Å². The molecular formula is C16H23NO4. The molecule has 1 saturated heterocycles.